The topological polar surface area (TPSA) is 72.2 Å². The number of rotatable bonds is 6. The minimum absolute atomic E-state index is 0.0333. The second-order valence-corrected chi connectivity index (χ2v) is 6.42. The maximum Gasteiger partial charge on any atom is 0.173 e. The first-order chi connectivity index (χ1) is 12.6. The van der Waals surface area contributed by atoms with Crippen LogP contribution in [0.15, 0.2) is 53.6 Å². The Morgan fingerprint density at radius 2 is 1.77 bits per heavy atom. The van der Waals surface area contributed by atoms with E-state index in [1.165, 1.54) is 11.8 Å². The van der Waals surface area contributed by atoms with Crippen LogP contribution in [0.3, 0.4) is 0 Å². The Balaban J connectivity index is 1.82. The second kappa shape index (κ2) is 7.89. The van der Waals surface area contributed by atoms with Crippen LogP contribution >= 0.6 is 11.8 Å². The minimum Gasteiger partial charge on any atom is -0.497 e. The third-order valence-corrected chi connectivity index (χ3v) is 4.85. The fraction of sp³-hybridized carbons (Fsp3) is 0.150. The smallest absolute Gasteiger partial charge is 0.173 e. The number of fused-ring (bicyclic) bond motifs is 1. The van der Waals surface area contributed by atoms with E-state index in [1.54, 1.807) is 44.6 Å². The van der Waals surface area contributed by atoms with E-state index in [1.807, 2.05) is 18.2 Å². The summed E-state index contributed by atoms with van der Waals surface area (Å²) < 4.78 is 10.3. The highest BCUT2D eigenvalue weighted by Gasteiger charge is 2.12. The molecule has 0 aliphatic rings. The van der Waals surface area contributed by atoms with Gasteiger partial charge in [0.1, 0.15) is 22.6 Å². The Hall–Kier alpha value is -3.04. The quantitative estimate of drug-likeness (QED) is 0.484. The van der Waals surface area contributed by atoms with Crippen molar-refractivity contribution in [1.29, 1.82) is 5.26 Å². The molecule has 5 nitrogen and oxygen atoms in total. The summed E-state index contributed by atoms with van der Waals surface area (Å²) in [5, 5.41) is 10.8. The molecule has 0 spiro atoms. The van der Waals surface area contributed by atoms with Gasteiger partial charge in [-0.1, -0.05) is 11.8 Å². The Kier molecular flexibility index (Phi) is 5.40. The molecule has 0 bridgehead atoms. The van der Waals surface area contributed by atoms with Gasteiger partial charge in [-0.25, -0.2) is 4.98 Å². The van der Waals surface area contributed by atoms with E-state index in [-0.39, 0.29) is 11.5 Å². The van der Waals surface area contributed by atoms with Gasteiger partial charge in [0, 0.05) is 17.0 Å². The normalized spacial score (nSPS) is 10.3. The molecular formula is C20H16N2O3S. The molecular weight excluding hydrogens is 348 g/mol. The molecule has 6 heteroatoms. The van der Waals surface area contributed by atoms with Gasteiger partial charge in [0.25, 0.3) is 0 Å². The molecule has 1 aromatic heterocycles. The molecule has 26 heavy (non-hydrogen) atoms. The highest BCUT2D eigenvalue weighted by molar-refractivity contribution is 8.00. The number of carbonyl (C=O) groups excluding carboxylic acids is 1. The summed E-state index contributed by atoms with van der Waals surface area (Å²) in [5.74, 6) is 1.56. The van der Waals surface area contributed by atoms with Crippen molar-refractivity contribution in [3.8, 4) is 17.6 Å². The second-order valence-electron chi connectivity index (χ2n) is 5.45. The average molecular weight is 364 g/mol. The zero-order chi connectivity index (χ0) is 18.5. The number of ether oxygens (including phenoxy) is 2. The monoisotopic (exact) mass is 364 g/mol. The third-order valence-electron chi connectivity index (χ3n) is 3.86. The molecule has 3 aromatic rings. The lowest BCUT2D eigenvalue weighted by atomic mass is 10.1. The number of nitrogens with zero attached hydrogens (tertiary/aromatic N) is 2. The van der Waals surface area contributed by atoms with Gasteiger partial charge in [0.15, 0.2) is 5.78 Å². The Bertz CT molecular complexity index is 994. The van der Waals surface area contributed by atoms with E-state index in [0.29, 0.717) is 27.7 Å². The molecule has 0 N–H and O–H groups in total. The molecule has 0 saturated carbocycles. The molecule has 2 aromatic carbocycles. The summed E-state index contributed by atoms with van der Waals surface area (Å²) in [5.41, 5.74) is 1.78. The summed E-state index contributed by atoms with van der Waals surface area (Å²) in [6.07, 6.45) is 0. The first kappa shape index (κ1) is 17.8. The van der Waals surface area contributed by atoms with Crippen molar-refractivity contribution in [2.75, 3.05) is 20.0 Å². The maximum absolute atomic E-state index is 12.4. The number of hydrogen-bond donors (Lipinski definition) is 0. The summed E-state index contributed by atoms with van der Waals surface area (Å²) >= 11 is 1.26. The predicted octanol–water partition coefficient (Wildman–Crippen LogP) is 4.10. The van der Waals surface area contributed by atoms with E-state index in [9.17, 15) is 10.1 Å². The first-order valence-electron chi connectivity index (χ1n) is 7.83. The number of ketones is 1. The number of aromatic nitrogens is 1. The summed E-state index contributed by atoms with van der Waals surface area (Å²) in [6, 6.07) is 16.4. The lowest BCUT2D eigenvalue weighted by Crippen LogP contribution is -2.03. The predicted molar refractivity (Wildman–Crippen MR) is 101 cm³/mol. The molecule has 0 aliphatic carbocycles. The Labute approximate surface area is 155 Å². The van der Waals surface area contributed by atoms with Crippen molar-refractivity contribution in [2.24, 2.45) is 0 Å². The van der Waals surface area contributed by atoms with E-state index in [4.69, 9.17) is 9.47 Å². The van der Waals surface area contributed by atoms with Gasteiger partial charge >= 0.3 is 0 Å². The number of benzene rings is 2. The van der Waals surface area contributed by atoms with Crippen LogP contribution in [0.25, 0.3) is 10.9 Å². The maximum atomic E-state index is 12.4. The standard InChI is InChI=1S/C20H16N2O3S/c1-24-16-6-3-13(4-7-16)19(23)12-26-20-15(11-21)9-14-5-8-17(25-2)10-18(14)22-20/h3-10H,12H2,1-2H3. The van der Waals surface area contributed by atoms with Crippen molar-refractivity contribution < 1.29 is 14.3 Å². The SMILES string of the molecule is COc1ccc(C(=O)CSc2nc3cc(OC)ccc3cc2C#N)cc1. The number of nitriles is 1. The Morgan fingerprint density at radius 3 is 2.42 bits per heavy atom. The number of carbonyl (C=O) groups is 1. The van der Waals surface area contributed by atoms with Crippen molar-refractivity contribution >= 4 is 28.4 Å². The lowest BCUT2D eigenvalue weighted by Gasteiger charge is -2.07. The van der Waals surface area contributed by atoms with Gasteiger partial charge < -0.3 is 9.47 Å². The number of Topliss-reactive ketones (excluding diaryl/α,β-unsaturated/α-hetero) is 1. The van der Waals surface area contributed by atoms with Gasteiger partial charge in [-0.05, 0) is 42.5 Å². The highest BCUT2D eigenvalue weighted by atomic mass is 32.2. The Morgan fingerprint density at radius 1 is 1.08 bits per heavy atom. The molecule has 0 unspecified atom stereocenters. The van der Waals surface area contributed by atoms with Crippen molar-refractivity contribution in [3.63, 3.8) is 0 Å². The van der Waals surface area contributed by atoms with Crippen LogP contribution in [0.2, 0.25) is 0 Å². The van der Waals surface area contributed by atoms with E-state index >= 15 is 0 Å². The van der Waals surface area contributed by atoms with Gasteiger partial charge in [0.2, 0.25) is 0 Å². The van der Waals surface area contributed by atoms with Crippen LogP contribution in [0, 0.1) is 11.3 Å². The van der Waals surface area contributed by atoms with Crippen molar-refractivity contribution in [2.45, 2.75) is 5.03 Å². The average Bonchev–Trinajstić information content (AvgIpc) is 2.70. The fourth-order valence-electron chi connectivity index (χ4n) is 2.44. The van der Waals surface area contributed by atoms with Gasteiger partial charge in [-0.15, -0.1) is 0 Å². The molecule has 0 radical (unpaired) electrons. The summed E-state index contributed by atoms with van der Waals surface area (Å²) in [7, 11) is 3.17. The molecule has 1 heterocycles. The van der Waals surface area contributed by atoms with Gasteiger partial charge in [-0.2, -0.15) is 5.26 Å². The molecule has 3 rings (SSSR count). The number of methoxy groups -OCH3 is 2. The number of hydrogen-bond acceptors (Lipinski definition) is 6. The zero-order valence-electron chi connectivity index (χ0n) is 14.4. The molecule has 0 aliphatic heterocycles. The number of thioether (sulfide) groups is 1. The van der Waals surface area contributed by atoms with Gasteiger partial charge in [-0.3, -0.25) is 4.79 Å². The van der Waals surface area contributed by atoms with Crippen LogP contribution in [-0.4, -0.2) is 30.7 Å². The fourth-order valence-corrected chi connectivity index (χ4v) is 3.30. The largest absolute Gasteiger partial charge is 0.497 e. The van der Waals surface area contributed by atoms with Crippen molar-refractivity contribution in [3.05, 3.63) is 59.7 Å². The van der Waals surface area contributed by atoms with Crippen LogP contribution in [-0.2, 0) is 0 Å². The number of pyridine rings is 1. The molecule has 0 atom stereocenters. The van der Waals surface area contributed by atoms with Crippen LogP contribution in [0.1, 0.15) is 15.9 Å². The van der Waals surface area contributed by atoms with Crippen LogP contribution in [0.5, 0.6) is 11.5 Å². The zero-order valence-corrected chi connectivity index (χ0v) is 15.2. The van der Waals surface area contributed by atoms with E-state index < -0.39 is 0 Å². The molecule has 0 amide bonds. The van der Waals surface area contributed by atoms with E-state index in [2.05, 4.69) is 11.1 Å². The first-order valence-corrected chi connectivity index (χ1v) is 8.82. The van der Waals surface area contributed by atoms with Crippen LogP contribution in [0.4, 0.5) is 0 Å². The highest BCUT2D eigenvalue weighted by Crippen LogP contribution is 2.27. The van der Waals surface area contributed by atoms with Crippen molar-refractivity contribution in [1.82, 2.24) is 4.98 Å². The molecule has 0 fully saturated rings. The summed E-state index contributed by atoms with van der Waals surface area (Å²) in [6.45, 7) is 0. The summed E-state index contributed by atoms with van der Waals surface area (Å²) in [4.78, 5) is 16.9. The van der Waals surface area contributed by atoms with Crippen LogP contribution < -0.4 is 9.47 Å². The molecule has 0 saturated heterocycles. The minimum atomic E-state index is -0.0333. The lowest BCUT2D eigenvalue weighted by molar-refractivity contribution is 0.102. The van der Waals surface area contributed by atoms with E-state index in [0.717, 1.165) is 10.9 Å². The van der Waals surface area contributed by atoms with Gasteiger partial charge in [0.05, 0.1) is 31.1 Å². The molecule has 130 valence electrons. The third kappa shape index (κ3) is 3.79.